The summed E-state index contributed by atoms with van der Waals surface area (Å²) in [7, 11) is 6.30. The van der Waals surface area contributed by atoms with Gasteiger partial charge in [0.1, 0.15) is 28.6 Å². The molecule has 0 aliphatic carbocycles. The lowest BCUT2D eigenvalue weighted by Gasteiger charge is -2.14. The lowest BCUT2D eigenvalue weighted by atomic mass is 10.1. The highest BCUT2D eigenvalue weighted by atomic mass is 16.5. The Morgan fingerprint density at radius 1 is 1.06 bits per heavy atom. The maximum atomic E-state index is 5.79. The Morgan fingerprint density at radius 3 is 1.88 bits per heavy atom. The maximum Gasteiger partial charge on any atom is 0.137 e. The zero-order valence-corrected chi connectivity index (χ0v) is 9.90. The zero-order valence-electron chi connectivity index (χ0n) is 9.90. The van der Waals surface area contributed by atoms with Gasteiger partial charge in [-0.3, -0.25) is 4.99 Å². The number of ether oxygens (including phenoxy) is 3. The van der Waals surface area contributed by atoms with Gasteiger partial charge in [0.05, 0.1) is 21.3 Å². The highest BCUT2D eigenvalue weighted by Crippen LogP contribution is 2.33. The van der Waals surface area contributed by atoms with Crippen LogP contribution in [0.1, 0.15) is 5.56 Å². The van der Waals surface area contributed by atoms with Crippen molar-refractivity contribution in [2.75, 3.05) is 28.4 Å². The van der Waals surface area contributed by atoms with Gasteiger partial charge >= 0.3 is 0 Å². The van der Waals surface area contributed by atoms with E-state index >= 15 is 0 Å². The minimum atomic E-state index is 0.358. The largest absolute Gasteiger partial charge is 0.496 e. The van der Waals surface area contributed by atoms with Gasteiger partial charge in [-0.15, -0.1) is 0 Å². The topological polar surface area (TPSA) is 66.1 Å². The summed E-state index contributed by atoms with van der Waals surface area (Å²) in [5.74, 6) is 2.14. The normalized spacial score (nSPS) is 11.1. The first kappa shape index (κ1) is 12.2. The highest BCUT2D eigenvalue weighted by Gasteiger charge is 2.15. The molecule has 2 N–H and O–H groups in total. The van der Waals surface area contributed by atoms with Gasteiger partial charge in [-0.2, -0.15) is 0 Å². The Morgan fingerprint density at radius 2 is 1.56 bits per heavy atom. The summed E-state index contributed by atoms with van der Waals surface area (Å²) in [6, 6.07) is 3.46. The Bertz CT molecular complexity index is 377. The molecule has 0 aliphatic heterocycles. The second-order valence-electron chi connectivity index (χ2n) is 3.02. The van der Waals surface area contributed by atoms with Gasteiger partial charge in [-0.25, -0.2) is 0 Å². The fourth-order valence-electron chi connectivity index (χ4n) is 1.37. The number of hydrogen-bond acceptors (Lipinski definition) is 4. The van der Waals surface area contributed by atoms with E-state index in [9.17, 15) is 0 Å². The number of nitrogens with zero attached hydrogens (tertiary/aromatic N) is 1. The first-order valence-electron chi connectivity index (χ1n) is 4.70. The molecule has 0 spiro atoms. The molecule has 0 amide bonds. The molecule has 1 rings (SSSR count). The molecule has 16 heavy (non-hydrogen) atoms. The summed E-state index contributed by atoms with van der Waals surface area (Å²) < 4.78 is 15.6. The van der Waals surface area contributed by atoms with Crippen molar-refractivity contribution in [3.8, 4) is 17.2 Å². The average Bonchev–Trinajstić information content (AvgIpc) is 2.35. The van der Waals surface area contributed by atoms with E-state index in [1.165, 1.54) is 0 Å². The number of nitrogens with two attached hydrogens (primary N) is 1. The summed E-state index contributed by atoms with van der Waals surface area (Å²) >= 11 is 0. The summed E-state index contributed by atoms with van der Waals surface area (Å²) in [5.41, 5.74) is 6.42. The van der Waals surface area contributed by atoms with Gasteiger partial charge in [0.25, 0.3) is 0 Å². The minimum absolute atomic E-state index is 0.358. The van der Waals surface area contributed by atoms with Crippen molar-refractivity contribution in [2.45, 2.75) is 0 Å². The lowest BCUT2D eigenvalue weighted by molar-refractivity contribution is 0.374. The Hall–Kier alpha value is -1.91. The van der Waals surface area contributed by atoms with Gasteiger partial charge in [-0.1, -0.05) is 0 Å². The molecule has 1 aromatic rings. The molecule has 0 heterocycles. The molecular weight excluding hydrogens is 208 g/mol. The van der Waals surface area contributed by atoms with Crippen molar-refractivity contribution < 1.29 is 14.2 Å². The van der Waals surface area contributed by atoms with Crippen molar-refractivity contribution in [3.63, 3.8) is 0 Å². The van der Waals surface area contributed by atoms with Crippen LogP contribution in [0.5, 0.6) is 17.2 Å². The fraction of sp³-hybridized carbons (Fsp3) is 0.364. The fourth-order valence-corrected chi connectivity index (χ4v) is 1.37. The van der Waals surface area contributed by atoms with Gasteiger partial charge in [0.2, 0.25) is 0 Å². The van der Waals surface area contributed by atoms with E-state index in [0.29, 0.717) is 28.6 Å². The molecule has 0 unspecified atom stereocenters. The standard InChI is InChI=1S/C11H16N2O3/c1-13-11(12)10-8(15-3)5-7(14-2)6-9(10)16-4/h5-6H,1-4H3,(H2,12,13). The number of benzene rings is 1. The molecule has 0 radical (unpaired) electrons. The molecule has 1 aromatic carbocycles. The van der Waals surface area contributed by atoms with E-state index in [-0.39, 0.29) is 0 Å². The quantitative estimate of drug-likeness (QED) is 0.613. The van der Waals surface area contributed by atoms with Gasteiger partial charge < -0.3 is 19.9 Å². The zero-order chi connectivity index (χ0) is 12.1. The molecule has 0 aliphatic rings. The summed E-state index contributed by atoms with van der Waals surface area (Å²) in [4.78, 5) is 3.93. The third-order valence-corrected chi connectivity index (χ3v) is 2.21. The van der Waals surface area contributed by atoms with Crippen molar-refractivity contribution in [1.29, 1.82) is 0 Å². The van der Waals surface area contributed by atoms with Crippen LogP contribution in [0.15, 0.2) is 17.1 Å². The SMILES string of the molecule is CN=C(N)c1c(OC)cc(OC)cc1OC. The van der Waals surface area contributed by atoms with Crippen LogP contribution in [0.25, 0.3) is 0 Å². The Kier molecular flexibility index (Phi) is 3.99. The molecule has 0 fully saturated rings. The number of rotatable bonds is 4. The van der Waals surface area contributed by atoms with Crippen LogP contribution in [0.4, 0.5) is 0 Å². The van der Waals surface area contributed by atoms with E-state index in [2.05, 4.69) is 4.99 Å². The van der Waals surface area contributed by atoms with Crippen molar-refractivity contribution >= 4 is 5.84 Å². The first-order valence-corrected chi connectivity index (χ1v) is 4.70. The Balaban J connectivity index is 3.43. The van der Waals surface area contributed by atoms with Gasteiger partial charge in [0, 0.05) is 19.2 Å². The van der Waals surface area contributed by atoms with Crippen molar-refractivity contribution in [2.24, 2.45) is 10.7 Å². The third kappa shape index (κ3) is 2.18. The average molecular weight is 224 g/mol. The molecule has 88 valence electrons. The second-order valence-corrected chi connectivity index (χ2v) is 3.02. The molecule has 0 aromatic heterocycles. The molecule has 5 heteroatoms. The predicted molar refractivity (Wildman–Crippen MR) is 62.7 cm³/mol. The molecule has 0 atom stereocenters. The minimum Gasteiger partial charge on any atom is -0.496 e. The molecule has 5 nitrogen and oxygen atoms in total. The first-order chi connectivity index (χ1) is 7.67. The maximum absolute atomic E-state index is 5.79. The van der Waals surface area contributed by atoms with E-state index in [1.54, 1.807) is 40.5 Å². The van der Waals surface area contributed by atoms with Crippen LogP contribution in [-0.4, -0.2) is 34.2 Å². The number of hydrogen-bond donors (Lipinski definition) is 1. The van der Waals surface area contributed by atoms with E-state index < -0.39 is 0 Å². The Labute approximate surface area is 94.8 Å². The van der Waals surface area contributed by atoms with Crippen LogP contribution in [-0.2, 0) is 0 Å². The van der Waals surface area contributed by atoms with E-state index in [4.69, 9.17) is 19.9 Å². The molecule has 0 bridgehead atoms. The summed E-state index contributed by atoms with van der Waals surface area (Å²) in [5, 5.41) is 0. The monoisotopic (exact) mass is 224 g/mol. The number of amidine groups is 1. The van der Waals surface area contributed by atoms with Crippen LogP contribution in [0, 0.1) is 0 Å². The number of methoxy groups -OCH3 is 3. The highest BCUT2D eigenvalue weighted by molar-refractivity contribution is 6.02. The van der Waals surface area contributed by atoms with Crippen LogP contribution in [0.2, 0.25) is 0 Å². The smallest absolute Gasteiger partial charge is 0.137 e. The molecular formula is C11H16N2O3. The van der Waals surface area contributed by atoms with Gasteiger partial charge in [-0.05, 0) is 0 Å². The van der Waals surface area contributed by atoms with Crippen LogP contribution in [0.3, 0.4) is 0 Å². The third-order valence-electron chi connectivity index (χ3n) is 2.21. The summed E-state index contributed by atoms with van der Waals surface area (Å²) in [6.45, 7) is 0. The van der Waals surface area contributed by atoms with E-state index in [0.717, 1.165) is 0 Å². The number of aliphatic imine (C=N–C) groups is 1. The second kappa shape index (κ2) is 5.25. The lowest BCUT2D eigenvalue weighted by Crippen LogP contribution is -2.15. The van der Waals surface area contributed by atoms with Crippen molar-refractivity contribution in [3.05, 3.63) is 17.7 Å². The molecule has 0 saturated heterocycles. The van der Waals surface area contributed by atoms with Gasteiger partial charge in [0.15, 0.2) is 0 Å². The molecule has 0 saturated carbocycles. The van der Waals surface area contributed by atoms with Crippen molar-refractivity contribution in [1.82, 2.24) is 0 Å². The van der Waals surface area contributed by atoms with Crippen LogP contribution < -0.4 is 19.9 Å². The summed E-state index contributed by atoms with van der Waals surface area (Å²) in [6.07, 6.45) is 0. The van der Waals surface area contributed by atoms with E-state index in [1.807, 2.05) is 0 Å². The van der Waals surface area contributed by atoms with Crippen LogP contribution >= 0.6 is 0 Å². The predicted octanol–water partition coefficient (Wildman–Crippen LogP) is 1.05.